The fourth-order valence-corrected chi connectivity index (χ4v) is 5.51. The number of rotatable bonds is 11. The summed E-state index contributed by atoms with van der Waals surface area (Å²) in [7, 11) is 2.07. The maximum Gasteiger partial charge on any atom is 0.193 e. The van der Waals surface area contributed by atoms with E-state index in [4.69, 9.17) is 15.9 Å². The molecule has 4 aromatic carbocycles. The maximum absolute atomic E-state index is 13.8. The minimum absolute atomic E-state index is 0.0526. The monoisotopic (exact) mass is 558 g/mol. The number of ether oxygens (including phenoxy) is 2. The van der Waals surface area contributed by atoms with Crippen LogP contribution in [0.3, 0.4) is 0 Å². The van der Waals surface area contributed by atoms with Gasteiger partial charge in [-0.05, 0) is 97.2 Å². The molecule has 5 rings (SSSR count). The summed E-state index contributed by atoms with van der Waals surface area (Å²) in [5.74, 6) is 2.71. The van der Waals surface area contributed by atoms with Crippen LogP contribution in [0.2, 0.25) is 0 Å². The third kappa shape index (κ3) is 6.26. The van der Waals surface area contributed by atoms with E-state index in [9.17, 15) is 14.4 Å². The summed E-state index contributed by atoms with van der Waals surface area (Å²) in [5.41, 5.74) is 5.16. The molecule has 0 fully saturated rings. The molecule has 0 N–H and O–H groups in total. The van der Waals surface area contributed by atoms with Crippen molar-refractivity contribution >= 4 is 5.78 Å². The van der Waals surface area contributed by atoms with E-state index in [2.05, 4.69) is 23.9 Å². The molecule has 4 aromatic rings. The van der Waals surface area contributed by atoms with Crippen molar-refractivity contribution in [3.63, 3.8) is 0 Å². The first-order chi connectivity index (χ1) is 20.4. The molecule has 1 aliphatic rings. The Balaban J connectivity index is 1.21. The highest BCUT2D eigenvalue weighted by Gasteiger charge is 2.41. The van der Waals surface area contributed by atoms with Gasteiger partial charge in [-0.3, -0.25) is 4.79 Å². The third-order valence-corrected chi connectivity index (χ3v) is 7.63. The molecule has 5 nitrogen and oxygen atoms in total. The average molecular weight is 559 g/mol. The summed E-state index contributed by atoms with van der Waals surface area (Å²) >= 11 is 0. The van der Waals surface area contributed by atoms with Crippen molar-refractivity contribution in [1.29, 1.82) is 5.26 Å². The van der Waals surface area contributed by atoms with E-state index < -0.39 is 5.60 Å². The van der Waals surface area contributed by atoms with Crippen LogP contribution in [0, 0.1) is 29.5 Å². The van der Waals surface area contributed by atoms with E-state index in [0.29, 0.717) is 35.5 Å². The molecule has 0 amide bonds. The molecule has 0 spiro atoms. The molecule has 0 saturated heterocycles. The van der Waals surface area contributed by atoms with Crippen LogP contribution in [-0.2, 0) is 23.5 Å². The second-order valence-corrected chi connectivity index (χ2v) is 10.5. The molecule has 1 atom stereocenters. The molecular weight excluding hydrogens is 527 g/mol. The Morgan fingerprint density at radius 2 is 1.71 bits per heavy atom. The van der Waals surface area contributed by atoms with Crippen molar-refractivity contribution in [2.24, 2.45) is 0 Å². The highest BCUT2D eigenvalue weighted by atomic mass is 19.1. The number of nitriles is 1. The molecule has 1 aliphatic heterocycles. The highest BCUT2D eigenvalue weighted by Crippen LogP contribution is 2.45. The van der Waals surface area contributed by atoms with E-state index in [-0.39, 0.29) is 18.2 Å². The first-order valence-electron chi connectivity index (χ1n) is 13.8. The normalized spacial score (nSPS) is 15.5. The number of terminal acetylenes is 1. The Kier molecular flexibility index (Phi) is 8.79. The molecule has 210 valence electrons. The number of carbonyl (C=O) groups is 1. The van der Waals surface area contributed by atoms with Gasteiger partial charge in [0.05, 0.1) is 18.2 Å². The SMILES string of the molecule is C#CCOc1ccc(C(=O)c2ccc(CN(C)CCC[C@@]3(c4ccc(F)cc4)OCc4cc(C#N)ccc43)cc2)cc1. The minimum Gasteiger partial charge on any atom is -0.481 e. The van der Waals surface area contributed by atoms with Gasteiger partial charge in [-0.1, -0.05) is 48.4 Å². The topological polar surface area (TPSA) is 62.6 Å². The molecule has 0 aromatic heterocycles. The largest absolute Gasteiger partial charge is 0.481 e. The molecule has 0 unspecified atom stereocenters. The fraction of sp³-hybridized carbons (Fsp3) is 0.222. The maximum atomic E-state index is 13.8. The van der Waals surface area contributed by atoms with Gasteiger partial charge in [0.2, 0.25) is 0 Å². The van der Waals surface area contributed by atoms with E-state index >= 15 is 0 Å². The van der Waals surface area contributed by atoms with Crippen molar-refractivity contribution in [2.75, 3.05) is 20.2 Å². The molecule has 0 saturated carbocycles. The predicted molar refractivity (Wildman–Crippen MR) is 159 cm³/mol. The molecule has 0 aliphatic carbocycles. The molecule has 1 heterocycles. The Morgan fingerprint density at radius 1 is 1.02 bits per heavy atom. The number of fused-ring (bicyclic) bond motifs is 1. The smallest absolute Gasteiger partial charge is 0.193 e. The van der Waals surface area contributed by atoms with Gasteiger partial charge < -0.3 is 14.4 Å². The minimum atomic E-state index is -0.689. The summed E-state index contributed by atoms with van der Waals surface area (Å²) in [4.78, 5) is 15.2. The zero-order valence-electron chi connectivity index (χ0n) is 23.5. The first-order valence-corrected chi connectivity index (χ1v) is 13.8. The van der Waals surface area contributed by atoms with Crippen LogP contribution in [-0.4, -0.2) is 30.9 Å². The van der Waals surface area contributed by atoms with Crippen LogP contribution in [0.1, 0.15) is 56.6 Å². The second-order valence-electron chi connectivity index (χ2n) is 10.5. The average Bonchev–Trinajstić information content (AvgIpc) is 3.39. The van der Waals surface area contributed by atoms with Crippen molar-refractivity contribution < 1.29 is 18.7 Å². The van der Waals surface area contributed by atoms with Crippen LogP contribution in [0.15, 0.2) is 91.0 Å². The van der Waals surface area contributed by atoms with Gasteiger partial charge in [0, 0.05) is 17.7 Å². The lowest BCUT2D eigenvalue weighted by atomic mass is 9.81. The van der Waals surface area contributed by atoms with E-state index in [1.54, 1.807) is 36.4 Å². The van der Waals surface area contributed by atoms with Crippen molar-refractivity contribution in [2.45, 2.75) is 31.6 Å². The third-order valence-electron chi connectivity index (χ3n) is 7.63. The molecule has 42 heavy (non-hydrogen) atoms. The summed E-state index contributed by atoms with van der Waals surface area (Å²) < 4.78 is 25.6. The highest BCUT2D eigenvalue weighted by molar-refractivity contribution is 6.09. The van der Waals surface area contributed by atoms with Gasteiger partial charge in [-0.15, -0.1) is 6.42 Å². The van der Waals surface area contributed by atoms with E-state index in [0.717, 1.165) is 41.8 Å². The summed E-state index contributed by atoms with van der Waals surface area (Å²) in [6.07, 6.45) is 6.77. The summed E-state index contributed by atoms with van der Waals surface area (Å²) in [6.45, 7) is 2.13. The number of carbonyl (C=O) groups excluding carboxylic acids is 1. The second kappa shape index (κ2) is 12.8. The lowest BCUT2D eigenvalue weighted by molar-refractivity contribution is -0.0143. The van der Waals surface area contributed by atoms with Crippen LogP contribution in [0.5, 0.6) is 5.75 Å². The molecule has 0 radical (unpaired) electrons. The van der Waals surface area contributed by atoms with Crippen molar-refractivity contribution in [1.82, 2.24) is 4.90 Å². The van der Waals surface area contributed by atoms with Crippen LogP contribution in [0.25, 0.3) is 0 Å². The number of hydrogen-bond donors (Lipinski definition) is 0. The van der Waals surface area contributed by atoms with E-state index in [1.807, 2.05) is 42.5 Å². The summed E-state index contributed by atoms with van der Waals surface area (Å²) in [6, 6.07) is 29.0. The van der Waals surface area contributed by atoms with Gasteiger partial charge in [-0.2, -0.15) is 5.26 Å². The van der Waals surface area contributed by atoms with Crippen molar-refractivity contribution in [3.05, 3.63) is 136 Å². The standard InChI is InChI=1S/C36H31FN2O3/c1-3-21-41-33-16-10-29(11-17-33)35(40)28-8-5-26(6-9-28)24-39(2)20-4-19-36(31-12-14-32(37)15-13-31)34-18-7-27(23-38)22-30(34)25-42-36/h1,5-18,22H,4,19-21,24-25H2,2H3/t36-/m0/s1. The van der Waals surface area contributed by atoms with E-state index in [1.165, 1.54) is 12.1 Å². The van der Waals surface area contributed by atoms with Gasteiger partial charge in [0.15, 0.2) is 5.78 Å². The Morgan fingerprint density at radius 3 is 2.38 bits per heavy atom. The van der Waals surface area contributed by atoms with Crippen molar-refractivity contribution in [3.8, 4) is 24.2 Å². The fourth-order valence-electron chi connectivity index (χ4n) is 5.51. The van der Waals surface area contributed by atoms with Gasteiger partial charge in [-0.25, -0.2) is 4.39 Å². The molecule has 0 bridgehead atoms. The Bertz CT molecular complexity index is 1630. The lowest BCUT2D eigenvalue weighted by Crippen LogP contribution is -2.29. The number of hydrogen-bond acceptors (Lipinski definition) is 5. The lowest BCUT2D eigenvalue weighted by Gasteiger charge is -2.31. The quantitative estimate of drug-likeness (QED) is 0.153. The van der Waals surface area contributed by atoms with Crippen LogP contribution >= 0.6 is 0 Å². The zero-order chi connectivity index (χ0) is 29.5. The number of nitrogens with zero attached hydrogens (tertiary/aromatic N) is 2. The first kappa shape index (κ1) is 28.8. The predicted octanol–water partition coefficient (Wildman–Crippen LogP) is 6.63. The number of benzene rings is 4. The molecule has 6 heteroatoms. The Labute approximate surface area is 246 Å². The van der Waals surface area contributed by atoms with Gasteiger partial charge in [0.1, 0.15) is 23.8 Å². The van der Waals surface area contributed by atoms with Gasteiger partial charge >= 0.3 is 0 Å². The molecular formula is C36H31FN2O3. The van der Waals surface area contributed by atoms with Gasteiger partial charge in [0.25, 0.3) is 0 Å². The zero-order valence-corrected chi connectivity index (χ0v) is 23.5. The summed E-state index contributed by atoms with van der Waals surface area (Å²) in [5, 5.41) is 9.33. The Hall–Kier alpha value is -4.75. The number of ketones is 1. The van der Waals surface area contributed by atoms with Crippen LogP contribution in [0.4, 0.5) is 4.39 Å². The number of halogens is 1. The van der Waals surface area contributed by atoms with Crippen LogP contribution < -0.4 is 4.74 Å².